The summed E-state index contributed by atoms with van der Waals surface area (Å²) >= 11 is 2.10. The molecule has 0 fully saturated rings. The summed E-state index contributed by atoms with van der Waals surface area (Å²) in [6.45, 7) is 0. The summed E-state index contributed by atoms with van der Waals surface area (Å²) in [6.07, 6.45) is 1.35. The molecule has 3 rings (SSSR count). The number of hydrogen-bond acceptors (Lipinski definition) is 8. The highest BCUT2D eigenvalue weighted by Gasteiger charge is 2.21. The first-order chi connectivity index (χ1) is 15.7. The molecule has 0 saturated heterocycles. The van der Waals surface area contributed by atoms with Gasteiger partial charge >= 0.3 is 10.1 Å². The molecule has 0 unspecified atom stereocenters. The zero-order valence-electron chi connectivity index (χ0n) is 17.0. The number of rotatable bonds is 8. The molecule has 0 heterocycles. The van der Waals surface area contributed by atoms with E-state index in [0.29, 0.717) is 11.1 Å². The molecule has 33 heavy (non-hydrogen) atoms. The van der Waals surface area contributed by atoms with E-state index in [0.717, 1.165) is 9.64 Å². The Bertz CT molecular complexity index is 1340. The Labute approximate surface area is 202 Å². The van der Waals surface area contributed by atoms with Crippen LogP contribution in [0.15, 0.2) is 76.7 Å². The summed E-state index contributed by atoms with van der Waals surface area (Å²) in [5, 5.41) is 14.8. The zero-order chi connectivity index (χ0) is 24.0. The zero-order valence-corrected chi connectivity index (χ0v) is 19.9. The Kier molecular flexibility index (Phi) is 7.60. The van der Waals surface area contributed by atoms with Crippen molar-refractivity contribution in [1.82, 2.24) is 5.43 Å². The van der Waals surface area contributed by atoms with Crippen molar-refractivity contribution in [2.75, 3.05) is 7.11 Å². The fourth-order valence-corrected chi connectivity index (χ4v) is 4.14. The second-order valence-electron chi connectivity index (χ2n) is 6.41. The number of amides is 1. The van der Waals surface area contributed by atoms with E-state index in [1.165, 1.54) is 49.7 Å². The molecule has 0 aliphatic heterocycles. The van der Waals surface area contributed by atoms with Crippen LogP contribution in [0.1, 0.15) is 15.9 Å². The molecule has 0 spiro atoms. The second-order valence-corrected chi connectivity index (χ2v) is 9.20. The van der Waals surface area contributed by atoms with Gasteiger partial charge in [-0.1, -0.05) is 12.1 Å². The van der Waals surface area contributed by atoms with Crippen LogP contribution < -0.4 is 14.3 Å². The third kappa shape index (κ3) is 6.26. The van der Waals surface area contributed by atoms with E-state index in [2.05, 4.69) is 33.1 Å². The molecular weight excluding hydrogens is 565 g/mol. The molecule has 0 aromatic heterocycles. The Morgan fingerprint density at radius 3 is 2.55 bits per heavy atom. The van der Waals surface area contributed by atoms with Crippen LogP contribution in [-0.4, -0.2) is 32.6 Å². The number of carbonyl (C=O) groups is 1. The molecule has 1 amide bonds. The molecule has 10 nitrogen and oxygen atoms in total. The maximum Gasteiger partial charge on any atom is 0.339 e. The van der Waals surface area contributed by atoms with Crippen LogP contribution in [0, 0.1) is 13.7 Å². The molecule has 3 aromatic carbocycles. The monoisotopic (exact) mass is 581 g/mol. The summed E-state index contributed by atoms with van der Waals surface area (Å²) in [5.74, 6) is -0.430. The van der Waals surface area contributed by atoms with E-state index in [1.807, 2.05) is 6.07 Å². The minimum atomic E-state index is -4.35. The highest BCUT2D eigenvalue weighted by atomic mass is 127. The first kappa shape index (κ1) is 24.1. The number of hydrogen-bond donors (Lipinski definition) is 1. The number of nitrogens with one attached hydrogen (secondary N) is 1. The first-order valence-corrected chi connectivity index (χ1v) is 11.6. The number of nitro groups is 1. The lowest BCUT2D eigenvalue weighted by Crippen LogP contribution is -2.17. The number of carbonyl (C=O) groups excluding carboxylic acids is 1. The van der Waals surface area contributed by atoms with Gasteiger partial charge in [0.25, 0.3) is 11.6 Å². The van der Waals surface area contributed by atoms with Crippen LogP contribution in [0.4, 0.5) is 5.69 Å². The van der Waals surface area contributed by atoms with Gasteiger partial charge in [0.05, 0.1) is 18.2 Å². The molecule has 3 aromatic rings. The van der Waals surface area contributed by atoms with Crippen molar-refractivity contribution < 1.29 is 27.1 Å². The van der Waals surface area contributed by atoms with Gasteiger partial charge in [-0.3, -0.25) is 14.9 Å². The van der Waals surface area contributed by atoms with Crippen LogP contribution in [0.5, 0.6) is 11.5 Å². The number of hydrazone groups is 1. The van der Waals surface area contributed by atoms with Crippen molar-refractivity contribution in [1.29, 1.82) is 0 Å². The maximum atomic E-state index is 12.6. The Hall–Kier alpha value is -3.52. The van der Waals surface area contributed by atoms with Crippen molar-refractivity contribution in [3.63, 3.8) is 0 Å². The second kappa shape index (κ2) is 10.4. The molecule has 0 bridgehead atoms. The van der Waals surface area contributed by atoms with Gasteiger partial charge in [-0.15, -0.1) is 0 Å². The average Bonchev–Trinajstić information content (AvgIpc) is 2.79. The fraction of sp³-hybridized carbons (Fsp3) is 0.0476. The number of nitrogens with zero attached hydrogens (tertiary/aromatic N) is 2. The van der Waals surface area contributed by atoms with Gasteiger partial charge < -0.3 is 8.92 Å². The topological polar surface area (TPSA) is 137 Å². The van der Waals surface area contributed by atoms with E-state index in [9.17, 15) is 23.3 Å². The Morgan fingerprint density at radius 2 is 1.85 bits per heavy atom. The third-order valence-corrected chi connectivity index (χ3v) is 6.07. The highest BCUT2D eigenvalue weighted by molar-refractivity contribution is 14.1. The minimum Gasteiger partial charge on any atom is -0.493 e. The number of non-ortho nitro benzene ring substituents is 1. The highest BCUT2D eigenvalue weighted by Crippen LogP contribution is 2.31. The van der Waals surface area contributed by atoms with Crippen molar-refractivity contribution in [2.24, 2.45) is 5.10 Å². The Morgan fingerprint density at radius 1 is 1.09 bits per heavy atom. The fourth-order valence-electron chi connectivity index (χ4n) is 2.61. The van der Waals surface area contributed by atoms with Gasteiger partial charge in [-0.05, 0) is 70.6 Å². The number of ether oxygens (including phenoxy) is 1. The van der Waals surface area contributed by atoms with E-state index >= 15 is 0 Å². The predicted molar refractivity (Wildman–Crippen MR) is 128 cm³/mol. The first-order valence-electron chi connectivity index (χ1n) is 9.15. The standard InChI is InChI=1S/C21H16IN3O7S/c1-31-20-10-14(13-23-24-21(26)15-4-2-5-16(22)11-15)8-9-19(20)32-33(29,30)18-7-3-6-17(12-18)25(27)28/h2-13H,1H3,(H,24,26)/b23-13-. The maximum absolute atomic E-state index is 12.6. The lowest BCUT2D eigenvalue weighted by molar-refractivity contribution is -0.385. The number of benzene rings is 3. The van der Waals surface area contributed by atoms with Crippen LogP contribution in [0.2, 0.25) is 0 Å². The van der Waals surface area contributed by atoms with Crippen LogP contribution in [-0.2, 0) is 10.1 Å². The average molecular weight is 581 g/mol. The van der Waals surface area contributed by atoms with E-state index in [4.69, 9.17) is 8.92 Å². The van der Waals surface area contributed by atoms with Crippen molar-refractivity contribution in [2.45, 2.75) is 4.90 Å². The molecule has 0 radical (unpaired) electrons. The van der Waals surface area contributed by atoms with Gasteiger partial charge in [0.2, 0.25) is 0 Å². The largest absolute Gasteiger partial charge is 0.493 e. The lowest BCUT2D eigenvalue weighted by Gasteiger charge is -2.11. The van der Waals surface area contributed by atoms with Crippen LogP contribution in [0.25, 0.3) is 0 Å². The molecule has 1 N–H and O–H groups in total. The summed E-state index contributed by atoms with van der Waals surface area (Å²) in [5.41, 5.74) is 2.97. The third-order valence-electron chi connectivity index (χ3n) is 4.17. The van der Waals surface area contributed by atoms with Gasteiger partial charge in [0.1, 0.15) is 4.90 Å². The quantitative estimate of drug-likeness (QED) is 0.141. The normalized spacial score (nSPS) is 11.2. The molecule has 12 heteroatoms. The smallest absolute Gasteiger partial charge is 0.339 e. The SMILES string of the molecule is COc1cc(/C=N\NC(=O)c2cccc(I)c2)ccc1OS(=O)(=O)c1cccc([N+](=O)[O-])c1. The number of halogens is 1. The summed E-state index contributed by atoms with van der Waals surface area (Å²) in [6, 6.07) is 15.8. The van der Waals surface area contributed by atoms with E-state index < -0.39 is 15.0 Å². The molecular formula is C21H16IN3O7S. The number of nitro benzene ring substituents is 1. The van der Waals surface area contributed by atoms with Gasteiger partial charge in [-0.25, -0.2) is 5.43 Å². The van der Waals surface area contributed by atoms with Gasteiger partial charge in [0, 0.05) is 21.3 Å². The molecule has 0 aliphatic rings. The predicted octanol–water partition coefficient (Wildman–Crippen LogP) is 3.74. The van der Waals surface area contributed by atoms with Crippen molar-refractivity contribution in [3.05, 3.63) is 91.5 Å². The molecule has 170 valence electrons. The minimum absolute atomic E-state index is 0.0805. The summed E-state index contributed by atoms with van der Waals surface area (Å²) < 4.78 is 36.3. The van der Waals surface area contributed by atoms with E-state index in [1.54, 1.807) is 18.2 Å². The van der Waals surface area contributed by atoms with Crippen molar-refractivity contribution in [3.8, 4) is 11.5 Å². The summed E-state index contributed by atoms with van der Waals surface area (Å²) in [7, 11) is -3.03. The Balaban J connectivity index is 1.75. The van der Waals surface area contributed by atoms with Crippen LogP contribution >= 0.6 is 22.6 Å². The summed E-state index contributed by atoms with van der Waals surface area (Å²) in [4.78, 5) is 22.0. The number of methoxy groups -OCH3 is 1. The lowest BCUT2D eigenvalue weighted by atomic mass is 10.2. The van der Waals surface area contributed by atoms with Gasteiger partial charge in [-0.2, -0.15) is 13.5 Å². The van der Waals surface area contributed by atoms with Gasteiger partial charge in [0.15, 0.2) is 11.5 Å². The molecule has 0 saturated carbocycles. The van der Waals surface area contributed by atoms with Crippen molar-refractivity contribution >= 4 is 50.5 Å². The van der Waals surface area contributed by atoms with E-state index in [-0.39, 0.29) is 28.0 Å². The molecule has 0 atom stereocenters. The molecule has 0 aliphatic carbocycles. The van der Waals surface area contributed by atoms with Crippen LogP contribution in [0.3, 0.4) is 0 Å².